The number of thiophene rings is 1. The van der Waals surface area contributed by atoms with E-state index in [9.17, 15) is 4.79 Å². The van der Waals surface area contributed by atoms with E-state index in [0.29, 0.717) is 6.54 Å². The van der Waals surface area contributed by atoms with E-state index < -0.39 is 0 Å². The van der Waals surface area contributed by atoms with Crippen molar-refractivity contribution in [3.8, 4) is 5.75 Å². The Bertz CT molecular complexity index is 731. The minimum absolute atomic E-state index is 0.0322. The lowest BCUT2D eigenvalue weighted by molar-refractivity contribution is 0.0945. The van der Waals surface area contributed by atoms with Crippen LogP contribution in [-0.4, -0.2) is 38.6 Å². The smallest absolute Gasteiger partial charge is 0.261 e. The van der Waals surface area contributed by atoms with Gasteiger partial charge in [-0.1, -0.05) is 24.6 Å². The number of rotatable bonds is 6. The largest absolute Gasteiger partial charge is 0.496 e. The van der Waals surface area contributed by atoms with Gasteiger partial charge in [-0.2, -0.15) is 0 Å². The van der Waals surface area contributed by atoms with Crippen LogP contribution in [-0.2, 0) is 12.8 Å². The lowest BCUT2D eigenvalue weighted by Crippen LogP contribution is -2.34. The molecule has 3 rings (SSSR count). The Morgan fingerprint density at radius 1 is 1.23 bits per heavy atom. The molecule has 0 saturated heterocycles. The maximum absolute atomic E-state index is 12.7. The summed E-state index contributed by atoms with van der Waals surface area (Å²) >= 11 is 1.67. The van der Waals surface area contributed by atoms with Crippen molar-refractivity contribution in [1.29, 1.82) is 0 Å². The Hall–Kier alpha value is -1.85. The van der Waals surface area contributed by atoms with Crippen molar-refractivity contribution in [2.75, 3.05) is 27.7 Å². The summed E-state index contributed by atoms with van der Waals surface area (Å²) in [6, 6.07) is 10.2. The predicted molar refractivity (Wildman–Crippen MR) is 107 cm³/mol. The Morgan fingerprint density at radius 3 is 2.77 bits per heavy atom. The highest BCUT2D eigenvalue weighted by molar-refractivity contribution is 7.14. The maximum Gasteiger partial charge on any atom is 0.261 e. The number of hydrogen-bond donors (Lipinski definition) is 1. The van der Waals surface area contributed by atoms with Gasteiger partial charge in [-0.05, 0) is 57.5 Å². The first-order valence-corrected chi connectivity index (χ1v) is 10.1. The molecule has 0 fully saturated rings. The summed E-state index contributed by atoms with van der Waals surface area (Å²) < 4.78 is 5.50. The second-order valence-corrected chi connectivity index (χ2v) is 8.19. The van der Waals surface area contributed by atoms with E-state index in [1.165, 1.54) is 29.7 Å². The normalized spacial score (nSPS) is 15.2. The lowest BCUT2D eigenvalue weighted by atomic mass is 10.0. The van der Waals surface area contributed by atoms with Crippen molar-refractivity contribution in [2.45, 2.75) is 38.1 Å². The summed E-state index contributed by atoms with van der Waals surface area (Å²) in [6.45, 7) is 0.550. The SMILES string of the molecule is COc1ccccc1C(CNC(=O)c1cc2c(s1)CCCCC2)N(C)C. The Balaban J connectivity index is 1.70. The highest BCUT2D eigenvalue weighted by Crippen LogP contribution is 2.30. The molecule has 1 amide bonds. The van der Waals surface area contributed by atoms with Gasteiger partial charge >= 0.3 is 0 Å². The minimum atomic E-state index is 0.0322. The number of likely N-dealkylation sites (N-methyl/N-ethyl adjacent to an activating group) is 1. The molecule has 1 N–H and O–H groups in total. The quantitative estimate of drug-likeness (QED) is 0.778. The number of nitrogens with zero attached hydrogens (tertiary/aromatic N) is 1. The van der Waals surface area contributed by atoms with Gasteiger partial charge in [0.1, 0.15) is 5.75 Å². The van der Waals surface area contributed by atoms with E-state index in [4.69, 9.17) is 4.74 Å². The van der Waals surface area contributed by atoms with Crippen LogP contribution in [0.25, 0.3) is 0 Å². The molecule has 1 aliphatic rings. The van der Waals surface area contributed by atoms with E-state index in [1.807, 2.05) is 32.3 Å². The van der Waals surface area contributed by atoms with Crippen LogP contribution in [0.3, 0.4) is 0 Å². The molecule has 1 atom stereocenters. The molecular weight excluding hydrogens is 344 g/mol. The number of carbonyl (C=O) groups is 1. The van der Waals surface area contributed by atoms with Crippen molar-refractivity contribution < 1.29 is 9.53 Å². The molecule has 5 heteroatoms. The van der Waals surface area contributed by atoms with Crippen LogP contribution in [0.4, 0.5) is 0 Å². The summed E-state index contributed by atoms with van der Waals surface area (Å²) in [5.41, 5.74) is 2.47. The third kappa shape index (κ3) is 4.27. The Morgan fingerprint density at radius 2 is 2.00 bits per heavy atom. The summed E-state index contributed by atoms with van der Waals surface area (Å²) in [4.78, 5) is 17.1. The van der Waals surface area contributed by atoms with Crippen LogP contribution in [0.1, 0.15) is 51.0 Å². The van der Waals surface area contributed by atoms with Gasteiger partial charge in [0, 0.05) is 17.0 Å². The fraction of sp³-hybridized carbons (Fsp3) is 0.476. The third-order valence-electron chi connectivity index (χ3n) is 5.05. The Labute approximate surface area is 160 Å². The number of ether oxygens (including phenoxy) is 1. The van der Waals surface area contributed by atoms with E-state index in [-0.39, 0.29) is 11.9 Å². The molecule has 1 aromatic carbocycles. The zero-order chi connectivity index (χ0) is 18.5. The minimum Gasteiger partial charge on any atom is -0.496 e. The molecule has 0 saturated carbocycles. The summed E-state index contributed by atoms with van der Waals surface area (Å²) in [5.74, 6) is 0.883. The first kappa shape index (κ1) is 18.9. The molecule has 0 radical (unpaired) electrons. The third-order valence-corrected chi connectivity index (χ3v) is 6.28. The topological polar surface area (TPSA) is 41.6 Å². The number of aryl methyl sites for hydroxylation is 2. The fourth-order valence-electron chi connectivity index (χ4n) is 3.57. The lowest BCUT2D eigenvalue weighted by Gasteiger charge is -2.26. The molecule has 140 valence electrons. The van der Waals surface area contributed by atoms with Gasteiger partial charge in [0.05, 0.1) is 18.0 Å². The van der Waals surface area contributed by atoms with Gasteiger partial charge < -0.3 is 15.0 Å². The summed E-state index contributed by atoms with van der Waals surface area (Å²) in [6.07, 6.45) is 6.01. The molecule has 1 heterocycles. The van der Waals surface area contributed by atoms with Gasteiger partial charge in [-0.25, -0.2) is 0 Å². The molecule has 2 aromatic rings. The highest BCUT2D eigenvalue weighted by Gasteiger charge is 2.21. The van der Waals surface area contributed by atoms with Crippen LogP contribution >= 0.6 is 11.3 Å². The molecule has 1 aliphatic carbocycles. The molecule has 0 aliphatic heterocycles. The van der Waals surface area contributed by atoms with Gasteiger partial charge in [0.2, 0.25) is 0 Å². The van der Waals surface area contributed by atoms with Crippen LogP contribution in [0.5, 0.6) is 5.75 Å². The first-order chi connectivity index (χ1) is 12.6. The zero-order valence-corrected chi connectivity index (χ0v) is 16.7. The second kappa shape index (κ2) is 8.69. The molecule has 1 aromatic heterocycles. The van der Waals surface area contributed by atoms with Crippen LogP contribution in [0.15, 0.2) is 30.3 Å². The predicted octanol–water partition coefficient (Wildman–Crippen LogP) is 4.06. The molecule has 0 bridgehead atoms. The van der Waals surface area contributed by atoms with Gasteiger partial charge in [-0.15, -0.1) is 11.3 Å². The number of hydrogen-bond acceptors (Lipinski definition) is 4. The number of fused-ring (bicyclic) bond motifs is 1. The van der Waals surface area contributed by atoms with Crippen molar-refractivity contribution in [1.82, 2.24) is 10.2 Å². The van der Waals surface area contributed by atoms with Crippen molar-refractivity contribution in [3.63, 3.8) is 0 Å². The second-order valence-electron chi connectivity index (χ2n) is 7.05. The van der Waals surface area contributed by atoms with Crippen LogP contribution < -0.4 is 10.1 Å². The van der Waals surface area contributed by atoms with Gasteiger partial charge in [0.25, 0.3) is 5.91 Å². The van der Waals surface area contributed by atoms with Crippen molar-refractivity contribution in [3.05, 3.63) is 51.2 Å². The number of carbonyl (C=O) groups excluding carboxylic acids is 1. The summed E-state index contributed by atoms with van der Waals surface area (Å²) in [5, 5.41) is 3.13. The van der Waals surface area contributed by atoms with Crippen LogP contribution in [0, 0.1) is 0 Å². The molecule has 4 nitrogen and oxygen atoms in total. The highest BCUT2D eigenvalue weighted by atomic mass is 32.1. The van der Waals surface area contributed by atoms with Crippen LogP contribution in [0.2, 0.25) is 0 Å². The average molecular weight is 373 g/mol. The molecule has 0 spiro atoms. The summed E-state index contributed by atoms with van der Waals surface area (Å²) in [7, 11) is 5.73. The number of benzene rings is 1. The number of nitrogens with one attached hydrogen (secondary N) is 1. The average Bonchev–Trinajstić information content (AvgIpc) is 2.92. The van der Waals surface area contributed by atoms with Crippen molar-refractivity contribution >= 4 is 17.2 Å². The molecular formula is C21H28N2O2S. The number of methoxy groups -OCH3 is 1. The Kier molecular flexibility index (Phi) is 6.33. The maximum atomic E-state index is 12.7. The van der Waals surface area contributed by atoms with E-state index >= 15 is 0 Å². The zero-order valence-electron chi connectivity index (χ0n) is 15.9. The van der Waals surface area contributed by atoms with Crippen molar-refractivity contribution in [2.24, 2.45) is 0 Å². The van der Waals surface area contributed by atoms with E-state index in [0.717, 1.165) is 29.0 Å². The number of amides is 1. The molecule has 1 unspecified atom stereocenters. The van der Waals surface area contributed by atoms with Gasteiger partial charge in [0.15, 0.2) is 0 Å². The fourth-order valence-corrected chi connectivity index (χ4v) is 4.74. The van der Waals surface area contributed by atoms with Gasteiger partial charge in [-0.3, -0.25) is 4.79 Å². The molecule has 26 heavy (non-hydrogen) atoms. The van der Waals surface area contributed by atoms with E-state index in [1.54, 1.807) is 18.4 Å². The van der Waals surface area contributed by atoms with E-state index in [2.05, 4.69) is 22.3 Å². The monoisotopic (exact) mass is 372 g/mol. The number of para-hydroxylation sites is 1. The first-order valence-electron chi connectivity index (χ1n) is 9.29. The standard InChI is InChI=1S/C21H28N2O2S/c1-23(2)17(16-10-7-8-11-18(16)25-3)14-22-21(24)20-13-15-9-5-4-6-12-19(15)26-20/h7-8,10-11,13,17H,4-6,9,12,14H2,1-3H3,(H,22,24).